The first kappa shape index (κ1) is 31.8. The highest BCUT2D eigenvalue weighted by atomic mass is 16.4. The maximum absolute atomic E-state index is 13.0. The van der Waals surface area contributed by atoms with Gasteiger partial charge in [0.2, 0.25) is 17.7 Å². The summed E-state index contributed by atoms with van der Waals surface area (Å²) in [6, 6.07) is -5.48. The Balaban J connectivity index is 3.07. The van der Waals surface area contributed by atoms with Gasteiger partial charge in [0.05, 0.1) is 12.4 Å². The standard InChI is InChI=1S/C21H35N9O8/c1-10(31)16(22)19(36)29-13(4-5-15(32)33)18(35)28-12(3-2-6-26-21(23)24)17(34)30-14(20(37)38)7-11-8-25-9-27-11/h8-10,12-14,16,31H,2-7,22H2,1H3,(H,25,27)(H,28,35)(H,29,36)(H,30,34)(H,32,33)(H,37,38)(H4,23,24,26). The van der Waals surface area contributed by atoms with Gasteiger partial charge in [-0.1, -0.05) is 0 Å². The second-order valence-corrected chi connectivity index (χ2v) is 8.45. The molecule has 0 aliphatic rings. The van der Waals surface area contributed by atoms with Gasteiger partial charge in [0.25, 0.3) is 0 Å². The Bertz CT molecular complexity index is 979. The molecular weight excluding hydrogens is 506 g/mol. The lowest BCUT2D eigenvalue weighted by Gasteiger charge is -2.25. The summed E-state index contributed by atoms with van der Waals surface area (Å²) in [4.78, 5) is 71.4. The van der Waals surface area contributed by atoms with Crippen LogP contribution in [0.2, 0.25) is 0 Å². The van der Waals surface area contributed by atoms with Gasteiger partial charge in [0, 0.05) is 31.3 Å². The summed E-state index contributed by atoms with van der Waals surface area (Å²) < 4.78 is 0. The molecule has 0 aromatic carbocycles. The lowest BCUT2D eigenvalue weighted by molar-refractivity contribution is -0.142. The number of aromatic amines is 1. The van der Waals surface area contributed by atoms with Crippen LogP contribution < -0.4 is 33.2 Å². The Hall–Kier alpha value is -4.25. The molecule has 17 heteroatoms. The van der Waals surface area contributed by atoms with Crippen LogP contribution in [-0.2, 0) is 30.4 Å². The summed E-state index contributed by atoms with van der Waals surface area (Å²) >= 11 is 0. The zero-order valence-electron chi connectivity index (χ0n) is 20.8. The number of aliphatic hydroxyl groups excluding tert-OH is 1. The third-order valence-electron chi connectivity index (χ3n) is 5.27. The van der Waals surface area contributed by atoms with Gasteiger partial charge in [0.1, 0.15) is 24.2 Å². The molecule has 1 aromatic heterocycles. The minimum Gasteiger partial charge on any atom is -0.481 e. The van der Waals surface area contributed by atoms with Crippen molar-refractivity contribution in [1.82, 2.24) is 25.9 Å². The summed E-state index contributed by atoms with van der Waals surface area (Å²) in [6.07, 6.45) is 0.682. The van der Waals surface area contributed by atoms with Crippen LogP contribution in [-0.4, -0.2) is 97.7 Å². The number of nitrogens with one attached hydrogen (secondary N) is 4. The number of aliphatic hydroxyl groups is 1. The highest BCUT2D eigenvalue weighted by molar-refractivity contribution is 5.94. The molecule has 212 valence electrons. The number of carboxylic acids is 2. The third-order valence-corrected chi connectivity index (χ3v) is 5.27. The number of hydrogen-bond donors (Lipinski definition) is 10. The molecule has 0 aliphatic heterocycles. The lowest BCUT2D eigenvalue weighted by atomic mass is 10.1. The number of aliphatic imine (C=N–C) groups is 1. The summed E-state index contributed by atoms with van der Waals surface area (Å²) in [5.41, 5.74) is 16.6. The lowest BCUT2D eigenvalue weighted by Crippen LogP contribution is -2.58. The van der Waals surface area contributed by atoms with E-state index in [0.29, 0.717) is 5.69 Å². The number of aromatic nitrogens is 2. The molecule has 0 fully saturated rings. The molecule has 13 N–H and O–H groups in total. The summed E-state index contributed by atoms with van der Waals surface area (Å²) in [5, 5.41) is 35.2. The van der Waals surface area contributed by atoms with Crippen LogP contribution in [0.3, 0.4) is 0 Å². The number of amides is 3. The highest BCUT2D eigenvalue weighted by Crippen LogP contribution is 2.06. The molecule has 0 radical (unpaired) electrons. The van der Waals surface area contributed by atoms with Gasteiger partial charge in [0.15, 0.2) is 5.96 Å². The van der Waals surface area contributed by atoms with Gasteiger partial charge in [-0.25, -0.2) is 9.78 Å². The van der Waals surface area contributed by atoms with E-state index in [4.69, 9.17) is 22.3 Å². The molecule has 1 heterocycles. The topological polar surface area (TPSA) is 301 Å². The minimum absolute atomic E-state index is 0.0302. The minimum atomic E-state index is -1.42. The number of carbonyl (C=O) groups is 5. The molecule has 0 saturated carbocycles. The van der Waals surface area contributed by atoms with Crippen LogP contribution in [0.4, 0.5) is 0 Å². The second kappa shape index (κ2) is 15.8. The fourth-order valence-corrected chi connectivity index (χ4v) is 3.16. The van der Waals surface area contributed by atoms with Crippen LogP contribution in [0.15, 0.2) is 17.5 Å². The van der Waals surface area contributed by atoms with E-state index in [1.807, 2.05) is 0 Å². The van der Waals surface area contributed by atoms with E-state index >= 15 is 0 Å². The number of nitrogens with two attached hydrogens (primary N) is 3. The summed E-state index contributed by atoms with van der Waals surface area (Å²) in [5.74, 6) is -5.45. The van der Waals surface area contributed by atoms with Crippen LogP contribution in [0.1, 0.15) is 38.3 Å². The van der Waals surface area contributed by atoms with E-state index in [9.17, 15) is 34.2 Å². The van der Waals surface area contributed by atoms with Gasteiger partial charge in [-0.3, -0.25) is 24.2 Å². The van der Waals surface area contributed by atoms with E-state index < -0.39 is 66.4 Å². The van der Waals surface area contributed by atoms with E-state index in [0.717, 1.165) is 0 Å². The molecule has 5 atom stereocenters. The maximum Gasteiger partial charge on any atom is 0.326 e. The first-order valence-corrected chi connectivity index (χ1v) is 11.6. The number of carbonyl (C=O) groups excluding carboxylic acids is 3. The molecule has 0 bridgehead atoms. The van der Waals surface area contributed by atoms with Crippen molar-refractivity contribution in [3.63, 3.8) is 0 Å². The van der Waals surface area contributed by atoms with Crippen molar-refractivity contribution in [2.75, 3.05) is 6.54 Å². The fraction of sp³-hybridized carbons (Fsp3) is 0.571. The smallest absolute Gasteiger partial charge is 0.326 e. The Morgan fingerprint density at radius 3 is 2.08 bits per heavy atom. The van der Waals surface area contributed by atoms with E-state index in [1.165, 1.54) is 19.4 Å². The SMILES string of the molecule is CC(O)C(N)C(=O)NC(CCC(=O)O)C(=O)NC(CCCN=C(N)N)C(=O)NC(Cc1cnc[nH]1)C(=O)O. The third kappa shape index (κ3) is 11.7. The molecule has 3 amide bonds. The first-order valence-electron chi connectivity index (χ1n) is 11.6. The van der Waals surface area contributed by atoms with Crippen LogP contribution in [0, 0.1) is 0 Å². The van der Waals surface area contributed by atoms with Gasteiger partial charge in [-0.15, -0.1) is 0 Å². The first-order chi connectivity index (χ1) is 17.8. The quantitative estimate of drug-likeness (QED) is 0.0514. The Labute approximate surface area is 217 Å². The highest BCUT2D eigenvalue weighted by Gasteiger charge is 2.31. The van der Waals surface area contributed by atoms with Crippen molar-refractivity contribution in [1.29, 1.82) is 0 Å². The average Bonchev–Trinajstić information content (AvgIpc) is 3.35. The Morgan fingerprint density at radius 1 is 1.00 bits per heavy atom. The van der Waals surface area contributed by atoms with Crippen molar-refractivity contribution < 1.29 is 39.3 Å². The molecular formula is C21H35N9O8. The Kier molecular flexibility index (Phi) is 13.2. The number of H-pyrrole nitrogens is 1. The van der Waals surface area contributed by atoms with Gasteiger partial charge >= 0.3 is 11.9 Å². The summed E-state index contributed by atoms with van der Waals surface area (Å²) in [7, 11) is 0. The number of aliphatic carboxylic acids is 2. The molecule has 0 saturated heterocycles. The van der Waals surface area contributed by atoms with Crippen molar-refractivity contribution in [3.8, 4) is 0 Å². The molecule has 1 aromatic rings. The number of carboxylic acid groups (broad SMARTS) is 2. The van der Waals surface area contributed by atoms with E-state index in [2.05, 4.69) is 30.9 Å². The monoisotopic (exact) mass is 541 g/mol. The van der Waals surface area contributed by atoms with Crippen molar-refractivity contribution in [2.45, 2.75) is 69.3 Å². The van der Waals surface area contributed by atoms with Crippen molar-refractivity contribution in [2.24, 2.45) is 22.2 Å². The predicted molar refractivity (Wildman–Crippen MR) is 132 cm³/mol. The maximum atomic E-state index is 13.0. The summed E-state index contributed by atoms with van der Waals surface area (Å²) in [6.45, 7) is 1.36. The van der Waals surface area contributed by atoms with E-state index in [1.54, 1.807) is 0 Å². The molecule has 38 heavy (non-hydrogen) atoms. The Morgan fingerprint density at radius 2 is 1.58 bits per heavy atom. The van der Waals surface area contributed by atoms with Gasteiger partial charge in [-0.2, -0.15) is 0 Å². The number of rotatable bonds is 17. The number of hydrogen-bond acceptors (Lipinski definition) is 9. The van der Waals surface area contributed by atoms with Gasteiger partial charge in [-0.05, 0) is 26.2 Å². The van der Waals surface area contributed by atoms with Gasteiger partial charge < -0.3 is 53.5 Å². The fourth-order valence-electron chi connectivity index (χ4n) is 3.16. The molecule has 5 unspecified atom stereocenters. The van der Waals surface area contributed by atoms with Crippen LogP contribution in [0.25, 0.3) is 0 Å². The normalized spacial score (nSPS) is 14.7. The number of guanidine groups is 1. The average molecular weight is 542 g/mol. The van der Waals surface area contributed by atoms with Crippen LogP contribution in [0.5, 0.6) is 0 Å². The molecule has 0 spiro atoms. The largest absolute Gasteiger partial charge is 0.481 e. The zero-order valence-corrected chi connectivity index (χ0v) is 20.8. The van der Waals surface area contributed by atoms with E-state index in [-0.39, 0.29) is 38.2 Å². The molecule has 1 rings (SSSR count). The number of nitrogens with zero attached hydrogens (tertiary/aromatic N) is 2. The van der Waals surface area contributed by atoms with Crippen molar-refractivity contribution in [3.05, 3.63) is 18.2 Å². The van der Waals surface area contributed by atoms with Crippen LogP contribution >= 0.6 is 0 Å². The molecule has 17 nitrogen and oxygen atoms in total. The predicted octanol–water partition coefficient (Wildman–Crippen LogP) is -3.88. The second-order valence-electron chi connectivity index (χ2n) is 8.45. The molecule has 0 aliphatic carbocycles. The number of imidazole rings is 1. The zero-order chi connectivity index (χ0) is 28.8. The van der Waals surface area contributed by atoms with Crippen molar-refractivity contribution >= 4 is 35.6 Å².